The molecule has 2 nitrogen and oxygen atoms in total. The first-order valence-electron chi connectivity index (χ1n) is 6.34. The van der Waals surface area contributed by atoms with E-state index in [1.165, 1.54) is 38.5 Å². The highest BCUT2D eigenvalue weighted by Gasteiger charge is 2.19. The molecule has 1 aliphatic carbocycles. The second-order valence-corrected chi connectivity index (χ2v) is 5.64. The van der Waals surface area contributed by atoms with Crippen LogP contribution < -0.4 is 5.32 Å². The average molecular weight is 209 g/mol. The lowest BCUT2D eigenvalue weighted by molar-refractivity contribution is -0.110. The number of hydrogen-bond donors (Lipinski definition) is 1. The smallest absolute Gasteiger partial charge is 0.207 e. The number of carbonyl (C=O) groups excluding carboxylic acids is 1. The van der Waals surface area contributed by atoms with E-state index in [4.69, 9.17) is 0 Å². The Morgan fingerprint density at radius 2 is 1.73 bits per heavy atom. The van der Waals surface area contributed by atoms with E-state index in [1.54, 1.807) is 0 Å². The molecular formula is C12H24BNO. The maximum absolute atomic E-state index is 10.4. The second-order valence-electron chi connectivity index (χ2n) is 5.64. The van der Waals surface area contributed by atoms with E-state index in [2.05, 4.69) is 20.1 Å². The van der Waals surface area contributed by atoms with Crippen LogP contribution >= 0.6 is 0 Å². The first-order chi connectivity index (χ1) is 7.14. The summed E-state index contributed by atoms with van der Waals surface area (Å²) in [5.41, 5.74) is 0. The van der Waals surface area contributed by atoms with Crippen molar-refractivity contribution in [2.75, 3.05) is 0 Å². The van der Waals surface area contributed by atoms with Crippen LogP contribution in [0.4, 0.5) is 0 Å². The molecule has 3 heteroatoms. The van der Waals surface area contributed by atoms with Gasteiger partial charge in [0.25, 0.3) is 0 Å². The molecule has 0 heterocycles. The minimum Gasteiger partial charge on any atom is -0.356 e. The Kier molecular flexibility index (Phi) is 5.20. The predicted molar refractivity (Wildman–Crippen MR) is 66.8 cm³/mol. The van der Waals surface area contributed by atoms with Crippen molar-refractivity contribution in [2.24, 2.45) is 0 Å². The van der Waals surface area contributed by atoms with Gasteiger partial charge in [-0.05, 0) is 12.8 Å². The Labute approximate surface area is 94.6 Å². The van der Waals surface area contributed by atoms with Gasteiger partial charge in [-0.15, -0.1) is 0 Å². The summed E-state index contributed by atoms with van der Waals surface area (Å²) in [6, 6.07) is 0.434. The topological polar surface area (TPSA) is 29.1 Å². The van der Waals surface area contributed by atoms with E-state index < -0.39 is 0 Å². The van der Waals surface area contributed by atoms with Gasteiger partial charge in [-0.25, -0.2) is 0 Å². The van der Waals surface area contributed by atoms with Crippen molar-refractivity contribution in [3.8, 4) is 0 Å². The summed E-state index contributed by atoms with van der Waals surface area (Å²) in [7, 11) is 2.38. The fraction of sp³-hybridized carbons (Fsp3) is 0.917. The molecule has 0 aromatic carbocycles. The number of hydrogen-bond acceptors (Lipinski definition) is 1. The molecule has 1 saturated carbocycles. The van der Waals surface area contributed by atoms with Gasteiger partial charge in [0.05, 0.1) is 0 Å². The monoisotopic (exact) mass is 209 g/mol. The Morgan fingerprint density at radius 1 is 1.20 bits per heavy atom. The van der Waals surface area contributed by atoms with Crippen LogP contribution in [0.2, 0.25) is 5.31 Å². The molecule has 86 valence electrons. The molecule has 0 aromatic heterocycles. The zero-order valence-corrected chi connectivity index (χ0v) is 10.2. The lowest BCUT2D eigenvalue weighted by Crippen LogP contribution is -2.28. The molecule has 0 aromatic rings. The number of amides is 1. The maximum atomic E-state index is 10.4. The first kappa shape index (κ1) is 12.6. The Hall–Kier alpha value is -0.465. The van der Waals surface area contributed by atoms with Gasteiger partial charge in [0.15, 0.2) is 0 Å². The highest BCUT2D eigenvalue weighted by Crippen LogP contribution is 2.35. The van der Waals surface area contributed by atoms with Gasteiger partial charge in [-0.1, -0.05) is 50.8 Å². The summed E-state index contributed by atoms with van der Waals surface area (Å²) in [6.07, 6.45) is 11.0. The average Bonchev–Trinajstić information content (AvgIpc) is 2.19. The normalized spacial score (nSPS) is 34.3. The Morgan fingerprint density at radius 3 is 2.20 bits per heavy atom. The van der Waals surface area contributed by atoms with Crippen molar-refractivity contribution in [3.05, 3.63) is 0 Å². The molecule has 15 heavy (non-hydrogen) atoms. The van der Waals surface area contributed by atoms with E-state index in [1.807, 2.05) is 0 Å². The molecule has 0 saturated heterocycles. The number of rotatable bonds is 2. The lowest BCUT2D eigenvalue weighted by Gasteiger charge is -2.27. The van der Waals surface area contributed by atoms with Gasteiger partial charge in [0.1, 0.15) is 7.85 Å². The van der Waals surface area contributed by atoms with E-state index in [-0.39, 0.29) is 0 Å². The molecule has 1 rings (SSSR count). The van der Waals surface area contributed by atoms with Gasteiger partial charge in [0.2, 0.25) is 6.41 Å². The quantitative estimate of drug-likeness (QED) is 0.547. The third-order valence-corrected chi connectivity index (χ3v) is 3.62. The van der Waals surface area contributed by atoms with Crippen LogP contribution in [0.15, 0.2) is 0 Å². The summed E-state index contributed by atoms with van der Waals surface area (Å²) in [6.45, 7) is 2.38. The molecule has 0 spiro atoms. The van der Waals surface area contributed by atoms with Crippen molar-refractivity contribution in [2.45, 2.75) is 69.6 Å². The van der Waals surface area contributed by atoms with Crippen LogP contribution in [-0.2, 0) is 4.79 Å². The zero-order valence-electron chi connectivity index (χ0n) is 10.2. The van der Waals surface area contributed by atoms with E-state index in [9.17, 15) is 4.79 Å². The minimum atomic E-state index is 0.434. The van der Waals surface area contributed by atoms with E-state index in [0.29, 0.717) is 11.4 Å². The van der Waals surface area contributed by atoms with Crippen molar-refractivity contribution in [1.82, 2.24) is 5.32 Å². The zero-order chi connectivity index (χ0) is 11.1. The molecule has 1 fully saturated rings. The van der Waals surface area contributed by atoms with E-state index >= 15 is 0 Å². The number of carbonyl (C=O) groups is 1. The second kappa shape index (κ2) is 6.19. The molecule has 0 atom stereocenters. The van der Waals surface area contributed by atoms with Gasteiger partial charge in [0, 0.05) is 6.04 Å². The Balaban J connectivity index is 2.35. The molecule has 0 radical (unpaired) electrons. The van der Waals surface area contributed by atoms with Crippen molar-refractivity contribution in [1.29, 1.82) is 0 Å². The SMILES string of the molecule is BC1(C)CCCCC(NC=O)CCCC1. The summed E-state index contributed by atoms with van der Waals surface area (Å²) >= 11 is 0. The fourth-order valence-electron chi connectivity index (χ4n) is 2.52. The predicted octanol–water partition coefficient (Wildman–Crippen LogP) is 2.05. The minimum absolute atomic E-state index is 0.434. The standard InChI is InChI=1S/C12H24BNO/c1-12(13)8-4-2-6-11(14-10-15)7-3-5-9-12/h10-11H,2-9,13H2,1H3,(H,14,15). The van der Waals surface area contributed by atoms with Crippen LogP contribution in [0.5, 0.6) is 0 Å². The molecular weight excluding hydrogens is 185 g/mol. The lowest BCUT2D eigenvalue weighted by atomic mass is 9.64. The molecule has 0 bridgehead atoms. The first-order valence-corrected chi connectivity index (χ1v) is 6.34. The van der Waals surface area contributed by atoms with Crippen molar-refractivity contribution in [3.63, 3.8) is 0 Å². The molecule has 1 amide bonds. The van der Waals surface area contributed by atoms with Crippen LogP contribution in [0.3, 0.4) is 0 Å². The summed E-state index contributed by atoms with van der Waals surface area (Å²) in [5.74, 6) is 0. The molecule has 1 aliphatic rings. The molecule has 0 aliphatic heterocycles. The maximum Gasteiger partial charge on any atom is 0.207 e. The molecule has 0 unspecified atom stereocenters. The van der Waals surface area contributed by atoms with Gasteiger partial charge in [-0.2, -0.15) is 0 Å². The van der Waals surface area contributed by atoms with Gasteiger partial charge in [-0.3, -0.25) is 4.79 Å². The third-order valence-electron chi connectivity index (χ3n) is 3.62. The van der Waals surface area contributed by atoms with Gasteiger partial charge < -0.3 is 5.32 Å². The highest BCUT2D eigenvalue weighted by molar-refractivity contribution is 6.14. The summed E-state index contributed by atoms with van der Waals surface area (Å²) < 4.78 is 0. The molecule has 1 N–H and O–H groups in total. The van der Waals surface area contributed by atoms with Gasteiger partial charge >= 0.3 is 0 Å². The summed E-state index contributed by atoms with van der Waals surface area (Å²) in [4.78, 5) is 10.4. The van der Waals surface area contributed by atoms with Crippen LogP contribution in [0.1, 0.15) is 58.3 Å². The Bertz CT molecular complexity index is 180. The fourth-order valence-corrected chi connectivity index (χ4v) is 2.52. The van der Waals surface area contributed by atoms with Crippen molar-refractivity contribution >= 4 is 14.3 Å². The van der Waals surface area contributed by atoms with E-state index in [0.717, 1.165) is 19.3 Å². The largest absolute Gasteiger partial charge is 0.356 e. The van der Waals surface area contributed by atoms with Crippen LogP contribution in [-0.4, -0.2) is 20.3 Å². The van der Waals surface area contributed by atoms with Crippen molar-refractivity contribution < 1.29 is 4.79 Å². The van der Waals surface area contributed by atoms with Crippen LogP contribution in [0, 0.1) is 0 Å². The van der Waals surface area contributed by atoms with Crippen LogP contribution in [0.25, 0.3) is 0 Å². The third kappa shape index (κ3) is 5.24. The summed E-state index contributed by atoms with van der Waals surface area (Å²) in [5, 5.41) is 3.47. The highest BCUT2D eigenvalue weighted by atomic mass is 16.1. The number of nitrogens with one attached hydrogen (secondary N) is 1.